The Balaban J connectivity index is 3.20. The molecule has 0 N–H and O–H groups in total. The molecule has 0 amide bonds. The van der Waals surface area contributed by atoms with E-state index in [1.807, 2.05) is 0 Å². The molecule has 21 heavy (non-hydrogen) atoms. The molecule has 0 heterocycles. The monoisotopic (exact) mass is 314 g/mol. The Morgan fingerprint density at radius 3 is 2.05 bits per heavy atom. The third-order valence-electron chi connectivity index (χ3n) is 3.34. The maximum Gasteiger partial charge on any atom is 0.305 e. The van der Waals surface area contributed by atoms with Gasteiger partial charge >= 0.3 is 5.97 Å². The van der Waals surface area contributed by atoms with Gasteiger partial charge in [-0.05, 0) is 44.9 Å². The van der Waals surface area contributed by atoms with Gasteiger partial charge in [0.15, 0.2) is 0 Å². The lowest BCUT2D eigenvalue weighted by Gasteiger charge is -1.99. The fraction of sp³-hybridized carbons (Fsp3) is 0.722. The average molecular weight is 315 g/mol. The summed E-state index contributed by atoms with van der Waals surface area (Å²) >= 11 is 5.62. The van der Waals surface area contributed by atoms with Crippen molar-refractivity contribution in [3.63, 3.8) is 0 Å². The van der Waals surface area contributed by atoms with Crippen molar-refractivity contribution in [1.29, 1.82) is 0 Å². The Bertz CT molecular complexity index is 285. The van der Waals surface area contributed by atoms with Gasteiger partial charge in [-0.15, -0.1) is 11.6 Å². The maximum absolute atomic E-state index is 10.9. The van der Waals surface area contributed by atoms with E-state index in [4.69, 9.17) is 11.6 Å². The molecule has 0 atom stereocenters. The van der Waals surface area contributed by atoms with Crippen LogP contribution in [0, 0.1) is 0 Å². The molecular formula is C18H31ClO2. The van der Waals surface area contributed by atoms with Crippen LogP contribution in [-0.2, 0) is 9.53 Å². The Morgan fingerprint density at radius 2 is 1.43 bits per heavy atom. The van der Waals surface area contributed by atoms with Crippen LogP contribution in [-0.4, -0.2) is 19.0 Å². The number of unbranched alkanes of at least 4 members (excludes halogenated alkanes) is 7. The third kappa shape index (κ3) is 17.2. The Labute approximate surface area is 135 Å². The molecule has 0 aromatic rings. The van der Waals surface area contributed by atoms with Crippen LogP contribution in [0.2, 0.25) is 0 Å². The van der Waals surface area contributed by atoms with Crippen molar-refractivity contribution in [2.75, 3.05) is 13.0 Å². The summed E-state index contributed by atoms with van der Waals surface area (Å²) in [6, 6.07) is 0. The highest BCUT2D eigenvalue weighted by atomic mass is 35.5. The van der Waals surface area contributed by atoms with Gasteiger partial charge in [-0.1, -0.05) is 43.6 Å². The number of allylic oxidation sites excluding steroid dienone is 4. The van der Waals surface area contributed by atoms with Crippen LogP contribution < -0.4 is 0 Å². The normalized spacial score (nSPS) is 11.5. The fourth-order valence-corrected chi connectivity index (χ4v) is 2.22. The van der Waals surface area contributed by atoms with Crippen molar-refractivity contribution in [2.24, 2.45) is 0 Å². The van der Waals surface area contributed by atoms with Crippen molar-refractivity contribution in [3.05, 3.63) is 24.3 Å². The molecule has 0 spiro atoms. The second kappa shape index (κ2) is 17.3. The number of halogens is 1. The summed E-state index contributed by atoms with van der Waals surface area (Å²) in [4.78, 5) is 10.9. The number of carbonyl (C=O) groups excluding carboxylic acids is 1. The summed E-state index contributed by atoms with van der Waals surface area (Å²) in [6.07, 6.45) is 21.0. The first-order valence-corrected chi connectivity index (χ1v) is 8.77. The number of methoxy groups -OCH3 is 1. The van der Waals surface area contributed by atoms with Crippen LogP contribution in [0.1, 0.15) is 70.6 Å². The summed E-state index contributed by atoms with van der Waals surface area (Å²) in [6.45, 7) is 0. The van der Waals surface area contributed by atoms with Crippen LogP contribution in [0.25, 0.3) is 0 Å². The van der Waals surface area contributed by atoms with Crippen molar-refractivity contribution >= 4 is 17.6 Å². The lowest BCUT2D eigenvalue weighted by Crippen LogP contribution is -1.98. The number of hydrogen-bond donors (Lipinski definition) is 0. The standard InChI is InChI=1S/C18H31ClO2/c1-21-18(20)16-14-12-10-8-6-4-2-3-5-7-9-11-13-15-17-19/h2-3,7,9H,4-6,8,10-17H2,1H3/b3-2-,9-7-. The molecule has 2 nitrogen and oxygen atoms in total. The summed E-state index contributed by atoms with van der Waals surface area (Å²) in [7, 11) is 1.45. The Kier molecular flexibility index (Phi) is 16.7. The highest BCUT2D eigenvalue weighted by molar-refractivity contribution is 6.17. The second-order valence-corrected chi connectivity index (χ2v) is 5.62. The van der Waals surface area contributed by atoms with E-state index in [0.717, 1.165) is 44.4 Å². The Morgan fingerprint density at radius 1 is 0.857 bits per heavy atom. The van der Waals surface area contributed by atoms with Gasteiger partial charge in [0, 0.05) is 12.3 Å². The molecule has 0 aromatic carbocycles. The number of hydrogen-bond acceptors (Lipinski definition) is 2. The first-order valence-electron chi connectivity index (χ1n) is 8.24. The van der Waals surface area contributed by atoms with E-state index >= 15 is 0 Å². The van der Waals surface area contributed by atoms with Crippen molar-refractivity contribution in [3.8, 4) is 0 Å². The van der Waals surface area contributed by atoms with Crippen molar-refractivity contribution in [1.82, 2.24) is 0 Å². The highest BCUT2D eigenvalue weighted by Crippen LogP contribution is 2.08. The van der Waals surface area contributed by atoms with Gasteiger partial charge < -0.3 is 4.74 Å². The molecule has 0 rings (SSSR count). The van der Waals surface area contributed by atoms with E-state index in [9.17, 15) is 4.79 Å². The second-order valence-electron chi connectivity index (χ2n) is 5.25. The van der Waals surface area contributed by atoms with E-state index in [2.05, 4.69) is 29.0 Å². The van der Waals surface area contributed by atoms with Gasteiger partial charge in [0.05, 0.1) is 7.11 Å². The SMILES string of the molecule is COC(=O)CCCCCCC/C=C\C/C=C\CCCCCl. The minimum absolute atomic E-state index is 0.0892. The summed E-state index contributed by atoms with van der Waals surface area (Å²) < 4.78 is 4.61. The van der Waals surface area contributed by atoms with E-state index in [0.29, 0.717) is 6.42 Å². The van der Waals surface area contributed by atoms with Gasteiger partial charge in [0.1, 0.15) is 0 Å². The molecule has 0 radical (unpaired) electrons. The maximum atomic E-state index is 10.9. The average Bonchev–Trinajstić information content (AvgIpc) is 2.50. The van der Waals surface area contributed by atoms with Gasteiger partial charge in [0.2, 0.25) is 0 Å². The lowest BCUT2D eigenvalue weighted by atomic mass is 10.1. The quantitative estimate of drug-likeness (QED) is 0.175. The molecule has 0 aliphatic rings. The first-order chi connectivity index (χ1) is 10.3. The molecule has 122 valence electrons. The molecule has 0 saturated carbocycles. The van der Waals surface area contributed by atoms with Gasteiger partial charge in [-0.2, -0.15) is 0 Å². The van der Waals surface area contributed by atoms with Crippen LogP contribution in [0.5, 0.6) is 0 Å². The minimum atomic E-state index is -0.0892. The molecule has 0 fully saturated rings. The van der Waals surface area contributed by atoms with E-state index < -0.39 is 0 Å². The molecule has 3 heteroatoms. The largest absolute Gasteiger partial charge is 0.469 e. The zero-order valence-corrected chi connectivity index (χ0v) is 14.2. The minimum Gasteiger partial charge on any atom is -0.469 e. The van der Waals surface area contributed by atoms with Crippen LogP contribution in [0.4, 0.5) is 0 Å². The topological polar surface area (TPSA) is 26.3 Å². The zero-order chi connectivity index (χ0) is 15.6. The predicted octanol–water partition coefficient (Wildman–Crippen LogP) is 5.80. The number of carbonyl (C=O) groups is 1. The van der Waals surface area contributed by atoms with Crippen LogP contribution in [0.15, 0.2) is 24.3 Å². The van der Waals surface area contributed by atoms with Gasteiger partial charge in [0.25, 0.3) is 0 Å². The van der Waals surface area contributed by atoms with Crippen molar-refractivity contribution in [2.45, 2.75) is 70.6 Å². The Hall–Kier alpha value is -0.760. The lowest BCUT2D eigenvalue weighted by molar-refractivity contribution is -0.140. The first kappa shape index (κ1) is 20.2. The molecular weight excluding hydrogens is 284 g/mol. The summed E-state index contributed by atoms with van der Waals surface area (Å²) in [5.41, 5.74) is 0. The summed E-state index contributed by atoms with van der Waals surface area (Å²) in [5.74, 6) is 0.685. The molecule has 0 aliphatic carbocycles. The molecule has 0 aromatic heterocycles. The number of alkyl halides is 1. The molecule has 0 aliphatic heterocycles. The van der Waals surface area contributed by atoms with E-state index in [1.165, 1.54) is 32.8 Å². The number of ether oxygens (including phenoxy) is 1. The zero-order valence-electron chi connectivity index (χ0n) is 13.5. The molecule has 0 saturated heterocycles. The smallest absolute Gasteiger partial charge is 0.305 e. The number of rotatable bonds is 14. The van der Waals surface area contributed by atoms with Crippen LogP contribution in [0.3, 0.4) is 0 Å². The molecule has 0 bridgehead atoms. The number of esters is 1. The third-order valence-corrected chi connectivity index (χ3v) is 3.61. The van der Waals surface area contributed by atoms with E-state index in [-0.39, 0.29) is 5.97 Å². The van der Waals surface area contributed by atoms with Crippen molar-refractivity contribution < 1.29 is 9.53 Å². The molecule has 0 unspecified atom stereocenters. The highest BCUT2D eigenvalue weighted by Gasteiger charge is 1.98. The van der Waals surface area contributed by atoms with E-state index in [1.54, 1.807) is 0 Å². The predicted molar refractivity (Wildman–Crippen MR) is 91.8 cm³/mol. The van der Waals surface area contributed by atoms with Crippen LogP contribution >= 0.6 is 11.6 Å². The fourth-order valence-electron chi connectivity index (χ4n) is 2.03. The van der Waals surface area contributed by atoms with Gasteiger partial charge in [-0.3, -0.25) is 4.79 Å². The van der Waals surface area contributed by atoms with Gasteiger partial charge in [-0.25, -0.2) is 0 Å². The summed E-state index contributed by atoms with van der Waals surface area (Å²) in [5, 5.41) is 0.